The van der Waals surface area contributed by atoms with Crippen molar-refractivity contribution in [2.45, 2.75) is 0 Å². The van der Waals surface area contributed by atoms with Crippen molar-refractivity contribution in [1.82, 2.24) is 0 Å². The lowest BCUT2D eigenvalue weighted by atomic mass is 10.1. The summed E-state index contributed by atoms with van der Waals surface area (Å²) in [5.41, 5.74) is 1.07. The van der Waals surface area contributed by atoms with Gasteiger partial charge in [0.2, 0.25) is 0 Å². The lowest BCUT2D eigenvalue weighted by molar-refractivity contribution is 0.0926. The Morgan fingerprint density at radius 2 is 1.53 bits per heavy atom. The summed E-state index contributed by atoms with van der Waals surface area (Å²) in [6, 6.07) is 10.2. The highest BCUT2D eigenvalue weighted by Crippen LogP contribution is 2.30. The SMILES string of the molecule is O=C1c2ccc(Br)cc2C(=O)N1c1ccc(F)cc1. The van der Waals surface area contributed by atoms with Crippen LogP contribution in [0.2, 0.25) is 0 Å². The van der Waals surface area contributed by atoms with Gasteiger partial charge in [-0.15, -0.1) is 0 Å². The predicted molar refractivity (Wildman–Crippen MR) is 71.7 cm³/mol. The van der Waals surface area contributed by atoms with E-state index in [9.17, 15) is 14.0 Å². The zero-order valence-corrected chi connectivity index (χ0v) is 11.1. The number of benzene rings is 2. The monoisotopic (exact) mass is 319 g/mol. The van der Waals surface area contributed by atoms with Crippen molar-refractivity contribution in [3.05, 3.63) is 63.9 Å². The van der Waals surface area contributed by atoms with Crippen LogP contribution in [0.5, 0.6) is 0 Å². The lowest BCUT2D eigenvalue weighted by Crippen LogP contribution is -2.29. The Kier molecular flexibility index (Phi) is 2.71. The van der Waals surface area contributed by atoms with Crippen molar-refractivity contribution in [3.63, 3.8) is 0 Å². The average molecular weight is 320 g/mol. The summed E-state index contributed by atoms with van der Waals surface area (Å²) >= 11 is 3.27. The molecule has 19 heavy (non-hydrogen) atoms. The van der Waals surface area contributed by atoms with Gasteiger partial charge in [-0.3, -0.25) is 9.59 Å². The fourth-order valence-corrected chi connectivity index (χ4v) is 2.40. The van der Waals surface area contributed by atoms with Crippen LogP contribution in [0, 0.1) is 5.82 Å². The Morgan fingerprint density at radius 3 is 2.21 bits per heavy atom. The van der Waals surface area contributed by atoms with Gasteiger partial charge in [0.05, 0.1) is 16.8 Å². The minimum Gasteiger partial charge on any atom is -0.268 e. The molecule has 0 radical (unpaired) electrons. The van der Waals surface area contributed by atoms with E-state index in [1.54, 1.807) is 18.2 Å². The van der Waals surface area contributed by atoms with E-state index in [1.807, 2.05) is 0 Å². The molecule has 2 amide bonds. The van der Waals surface area contributed by atoms with Gasteiger partial charge < -0.3 is 0 Å². The van der Waals surface area contributed by atoms with Crippen LogP contribution in [0.4, 0.5) is 10.1 Å². The van der Waals surface area contributed by atoms with E-state index >= 15 is 0 Å². The molecule has 5 heteroatoms. The number of hydrogen-bond donors (Lipinski definition) is 0. The van der Waals surface area contributed by atoms with Gasteiger partial charge in [-0.2, -0.15) is 0 Å². The number of amides is 2. The minimum absolute atomic E-state index is 0.351. The second-order valence-corrected chi connectivity index (χ2v) is 5.03. The molecule has 3 nitrogen and oxygen atoms in total. The molecule has 0 bridgehead atoms. The third-order valence-corrected chi connectivity index (χ3v) is 3.43. The molecule has 0 aliphatic carbocycles. The van der Waals surface area contributed by atoms with Gasteiger partial charge in [-0.1, -0.05) is 15.9 Å². The second-order valence-electron chi connectivity index (χ2n) is 4.11. The molecule has 1 heterocycles. The van der Waals surface area contributed by atoms with Crippen LogP contribution in [0.3, 0.4) is 0 Å². The second kappa shape index (κ2) is 4.28. The smallest absolute Gasteiger partial charge is 0.266 e. The van der Waals surface area contributed by atoms with Gasteiger partial charge in [0, 0.05) is 4.47 Å². The largest absolute Gasteiger partial charge is 0.268 e. The molecule has 1 aliphatic heterocycles. The number of carbonyl (C=O) groups is 2. The molecule has 0 saturated heterocycles. The van der Waals surface area contributed by atoms with Crippen LogP contribution in [0.25, 0.3) is 0 Å². The van der Waals surface area contributed by atoms with Crippen LogP contribution in [-0.2, 0) is 0 Å². The molecule has 0 unspecified atom stereocenters. The number of nitrogens with zero attached hydrogens (tertiary/aromatic N) is 1. The zero-order valence-electron chi connectivity index (χ0n) is 9.56. The predicted octanol–water partition coefficient (Wildman–Crippen LogP) is 3.39. The van der Waals surface area contributed by atoms with Crippen molar-refractivity contribution in [1.29, 1.82) is 0 Å². The maximum absolute atomic E-state index is 12.9. The van der Waals surface area contributed by atoms with Gasteiger partial charge in [-0.25, -0.2) is 9.29 Å². The van der Waals surface area contributed by atoms with Crippen molar-refractivity contribution >= 4 is 33.4 Å². The van der Waals surface area contributed by atoms with Crippen LogP contribution >= 0.6 is 15.9 Å². The number of hydrogen-bond acceptors (Lipinski definition) is 2. The first-order chi connectivity index (χ1) is 9.08. The van der Waals surface area contributed by atoms with E-state index in [4.69, 9.17) is 0 Å². The number of imide groups is 1. The molecular weight excluding hydrogens is 313 g/mol. The van der Waals surface area contributed by atoms with E-state index in [-0.39, 0.29) is 5.91 Å². The zero-order chi connectivity index (χ0) is 13.6. The summed E-state index contributed by atoms with van der Waals surface area (Å²) < 4.78 is 13.6. The molecule has 3 rings (SSSR count). The third-order valence-electron chi connectivity index (χ3n) is 2.93. The Balaban J connectivity index is 2.10. The molecule has 2 aromatic rings. The van der Waals surface area contributed by atoms with Crippen LogP contribution in [0.1, 0.15) is 20.7 Å². The Morgan fingerprint density at radius 1 is 0.895 bits per heavy atom. The fraction of sp³-hybridized carbons (Fsp3) is 0. The van der Waals surface area contributed by atoms with Crippen molar-refractivity contribution in [2.75, 3.05) is 4.90 Å². The molecule has 94 valence electrons. The van der Waals surface area contributed by atoms with Crippen molar-refractivity contribution in [2.24, 2.45) is 0 Å². The molecule has 0 N–H and O–H groups in total. The van der Waals surface area contributed by atoms with E-state index in [1.165, 1.54) is 24.3 Å². The van der Waals surface area contributed by atoms with Crippen LogP contribution in [-0.4, -0.2) is 11.8 Å². The lowest BCUT2D eigenvalue weighted by Gasteiger charge is -2.13. The van der Waals surface area contributed by atoms with Gasteiger partial charge in [-0.05, 0) is 42.5 Å². The molecule has 0 aromatic heterocycles. The highest BCUT2D eigenvalue weighted by Gasteiger charge is 2.36. The highest BCUT2D eigenvalue weighted by molar-refractivity contribution is 9.10. The average Bonchev–Trinajstić information content (AvgIpc) is 2.63. The first-order valence-electron chi connectivity index (χ1n) is 5.52. The molecule has 1 aliphatic rings. The summed E-state index contributed by atoms with van der Waals surface area (Å²) in [6.07, 6.45) is 0. The molecular formula is C14H7BrFNO2. The van der Waals surface area contributed by atoms with Gasteiger partial charge >= 0.3 is 0 Å². The van der Waals surface area contributed by atoms with Gasteiger partial charge in [0.25, 0.3) is 11.8 Å². The van der Waals surface area contributed by atoms with Crippen molar-refractivity contribution < 1.29 is 14.0 Å². The molecule has 0 spiro atoms. The number of rotatable bonds is 1. The Bertz CT molecular complexity index is 697. The normalized spacial score (nSPS) is 13.9. The number of anilines is 1. The van der Waals surface area contributed by atoms with Crippen LogP contribution < -0.4 is 4.90 Å². The standard InChI is InChI=1S/C14H7BrFNO2/c15-8-1-6-11-12(7-8)14(19)17(13(11)18)10-4-2-9(16)3-5-10/h1-7H. The van der Waals surface area contributed by atoms with E-state index in [2.05, 4.69) is 15.9 Å². The Hall–Kier alpha value is -2.01. The molecule has 0 saturated carbocycles. The van der Waals surface area contributed by atoms with E-state index in [0.717, 1.165) is 9.37 Å². The minimum atomic E-state index is -0.414. The quantitative estimate of drug-likeness (QED) is 0.755. The molecule has 0 atom stereocenters. The fourth-order valence-electron chi connectivity index (χ4n) is 2.04. The van der Waals surface area contributed by atoms with E-state index in [0.29, 0.717) is 16.8 Å². The first-order valence-corrected chi connectivity index (χ1v) is 6.31. The maximum atomic E-state index is 12.9. The first kappa shape index (κ1) is 12.0. The topological polar surface area (TPSA) is 37.4 Å². The number of halogens is 2. The highest BCUT2D eigenvalue weighted by atomic mass is 79.9. The number of carbonyl (C=O) groups excluding carboxylic acids is 2. The van der Waals surface area contributed by atoms with Gasteiger partial charge in [0.15, 0.2) is 0 Å². The molecule has 2 aromatic carbocycles. The number of fused-ring (bicyclic) bond motifs is 1. The van der Waals surface area contributed by atoms with E-state index < -0.39 is 11.7 Å². The van der Waals surface area contributed by atoms with Gasteiger partial charge in [0.1, 0.15) is 5.82 Å². The third kappa shape index (κ3) is 1.86. The summed E-state index contributed by atoms with van der Waals surface area (Å²) in [7, 11) is 0. The maximum Gasteiger partial charge on any atom is 0.266 e. The van der Waals surface area contributed by atoms with Crippen molar-refractivity contribution in [3.8, 4) is 0 Å². The summed E-state index contributed by atoms with van der Waals surface area (Å²) in [6.45, 7) is 0. The summed E-state index contributed by atoms with van der Waals surface area (Å²) in [5, 5.41) is 0. The Labute approximate surface area is 116 Å². The summed E-state index contributed by atoms with van der Waals surface area (Å²) in [5.74, 6) is -1.20. The van der Waals surface area contributed by atoms with Crippen LogP contribution in [0.15, 0.2) is 46.9 Å². The summed E-state index contributed by atoms with van der Waals surface area (Å²) in [4.78, 5) is 25.5. The molecule has 0 fully saturated rings.